The Hall–Kier alpha value is -1.30. The summed E-state index contributed by atoms with van der Waals surface area (Å²) in [7, 11) is 0. The maximum absolute atomic E-state index is 10.0. The molecule has 5 nitrogen and oxygen atoms in total. The first-order valence-electron chi connectivity index (χ1n) is 6.70. The Labute approximate surface area is 113 Å². The number of unbranched alkanes of at least 4 members (excludes halogenated alkanes) is 2. The second kappa shape index (κ2) is 7.99. The Morgan fingerprint density at radius 1 is 1.05 bits per heavy atom. The van der Waals surface area contributed by atoms with Crippen molar-refractivity contribution in [2.24, 2.45) is 11.5 Å². The van der Waals surface area contributed by atoms with Crippen molar-refractivity contribution in [1.82, 2.24) is 0 Å². The van der Waals surface area contributed by atoms with Gasteiger partial charge in [0.05, 0.1) is 6.10 Å². The number of hydrogen-bond acceptors (Lipinski definition) is 5. The topological polar surface area (TPSA) is 113 Å². The van der Waals surface area contributed by atoms with Crippen molar-refractivity contribution >= 4 is 0 Å². The number of phenols is 2. The third-order valence-electron chi connectivity index (χ3n) is 3.19. The summed E-state index contributed by atoms with van der Waals surface area (Å²) in [4.78, 5) is 0. The molecule has 0 aliphatic rings. The molecule has 0 heterocycles. The largest absolute Gasteiger partial charge is 0.504 e. The molecule has 1 aromatic carbocycles. The second-order valence-corrected chi connectivity index (χ2v) is 4.90. The number of benzene rings is 1. The zero-order valence-electron chi connectivity index (χ0n) is 11.1. The van der Waals surface area contributed by atoms with E-state index in [1.807, 2.05) is 0 Å². The van der Waals surface area contributed by atoms with Gasteiger partial charge in [0.25, 0.3) is 0 Å². The van der Waals surface area contributed by atoms with E-state index in [2.05, 4.69) is 0 Å². The molecule has 0 amide bonds. The van der Waals surface area contributed by atoms with Crippen LogP contribution in [0.1, 0.15) is 43.8 Å². The summed E-state index contributed by atoms with van der Waals surface area (Å²) < 4.78 is 0. The van der Waals surface area contributed by atoms with Crippen molar-refractivity contribution in [2.75, 3.05) is 6.54 Å². The first kappa shape index (κ1) is 15.8. The van der Waals surface area contributed by atoms with Crippen molar-refractivity contribution in [1.29, 1.82) is 0 Å². The van der Waals surface area contributed by atoms with Gasteiger partial charge in [-0.05, 0) is 43.5 Å². The molecule has 1 rings (SSSR count). The van der Waals surface area contributed by atoms with Crippen LogP contribution in [0.5, 0.6) is 11.5 Å². The second-order valence-electron chi connectivity index (χ2n) is 4.90. The van der Waals surface area contributed by atoms with Gasteiger partial charge in [0, 0.05) is 6.04 Å². The Bertz CT molecular complexity index is 385. The van der Waals surface area contributed by atoms with Crippen LogP contribution >= 0.6 is 0 Å². The third-order valence-corrected chi connectivity index (χ3v) is 3.19. The molecule has 0 bridgehead atoms. The maximum Gasteiger partial charge on any atom is 0.157 e. The highest BCUT2D eigenvalue weighted by Crippen LogP contribution is 2.29. The Balaban J connectivity index is 2.40. The Morgan fingerprint density at radius 2 is 1.79 bits per heavy atom. The molecule has 0 spiro atoms. The van der Waals surface area contributed by atoms with E-state index in [4.69, 9.17) is 11.5 Å². The highest BCUT2D eigenvalue weighted by molar-refractivity contribution is 5.41. The van der Waals surface area contributed by atoms with Crippen LogP contribution in [0.3, 0.4) is 0 Å². The highest BCUT2D eigenvalue weighted by Gasteiger charge is 2.14. The van der Waals surface area contributed by atoms with E-state index in [0.717, 1.165) is 25.7 Å². The number of aromatic hydroxyl groups is 2. The summed E-state index contributed by atoms with van der Waals surface area (Å²) in [5, 5.41) is 28.6. The summed E-state index contributed by atoms with van der Waals surface area (Å²) >= 11 is 0. The minimum absolute atomic E-state index is 0.0799. The van der Waals surface area contributed by atoms with Gasteiger partial charge < -0.3 is 26.8 Å². The van der Waals surface area contributed by atoms with Gasteiger partial charge in [-0.2, -0.15) is 0 Å². The molecular formula is C14H24N2O3. The van der Waals surface area contributed by atoms with E-state index in [1.165, 1.54) is 12.1 Å². The van der Waals surface area contributed by atoms with E-state index >= 15 is 0 Å². The number of nitrogens with two attached hydrogens (primary N) is 2. The highest BCUT2D eigenvalue weighted by atomic mass is 16.3. The van der Waals surface area contributed by atoms with Gasteiger partial charge in [-0.1, -0.05) is 18.9 Å². The van der Waals surface area contributed by atoms with Crippen molar-refractivity contribution in [2.45, 2.75) is 44.2 Å². The van der Waals surface area contributed by atoms with E-state index in [9.17, 15) is 15.3 Å². The zero-order chi connectivity index (χ0) is 14.3. The molecule has 0 aromatic heterocycles. The normalized spacial score (nSPS) is 14.3. The van der Waals surface area contributed by atoms with Crippen LogP contribution in [0.2, 0.25) is 0 Å². The molecule has 0 aliphatic heterocycles. The lowest BCUT2D eigenvalue weighted by atomic mass is 9.98. The molecule has 108 valence electrons. The van der Waals surface area contributed by atoms with Gasteiger partial charge in [-0.3, -0.25) is 0 Å². The average Bonchev–Trinajstić information content (AvgIpc) is 2.38. The van der Waals surface area contributed by atoms with Crippen LogP contribution in [-0.4, -0.2) is 27.9 Å². The lowest BCUT2D eigenvalue weighted by Crippen LogP contribution is -2.22. The van der Waals surface area contributed by atoms with E-state index < -0.39 is 6.10 Å². The number of phenolic OH excluding ortho intramolecular Hbond substituents is 2. The fourth-order valence-electron chi connectivity index (χ4n) is 2.02. The van der Waals surface area contributed by atoms with Crippen molar-refractivity contribution in [3.05, 3.63) is 23.8 Å². The summed E-state index contributed by atoms with van der Waals surface area (Å²) in [6.45, 7) is 0.699. The maximum atomic E-state index is 10.0. The first-order valence-corrected chi connectivity index (χ1v) is 6.70. The van der Waals surface area contributed by atoms with Gasteiger partial charge in [-0.15, -0.1) is 0 Å². The predicted molar refractivity (Wildman–Crippen MR) is 74.8 cm³/mol. The molecule has 19 heavy (non-hydrogen) atoms. The standard InChI is InChI=1S/C14H24N2O3/c15-7-3-1-2-4-11(16)9-13(18)10-5-6-12(17)14(19)8-10/h5-6,8,11,13,17-19H,1-4,7,9,15-16H2. The molecule has 0 saturated heterocycles. The molecule has 1 aromatic rings. The van der Waals surface area contributed by atoms with Crippen LogP contribution in [-0.2, 0) is 0 Å². The monoisotopic (exact) mass is 268 g/mol. The van der Waals surface area contributed by atoms with Crippen molar-refractivity contribution < 1.29 is 15.3 Å². The van der Waals surface area contributed by atoms with Gasteiger partial charge >= 0.3 is 0 Å². The van der Waals surface area contributed by atoms with E-state index in [0.29, 0.717) is 18.5 Å². The van der Waals surface area contributed by atoms with Crippen LogP contribution in [0, 0.1) is 0 Å². The predicted octanol–water partition coefficient (Wildman–Crippen LogP) is 1.37. The van der Waals surface area contributed by atoms with Gasteiger partial charge in [0.15, 0.2) is 11.5 Å². The Kier molecular flexibility index (Phi) is 6.62. The van der Waals surface area contributed by atoms with E-state index in [1.54, 1.807) is 6.07 Å². The minimum atomic E-state index is -0.726. The lowest BCUT2D eigenvalue weighted by Gasteiger charge is -2.17. The van der Waals surface area contributed by atoms with Crippen molar-refractivity contribution in [3.63, 3.8) is 0 Å². The molecule has 7 N–H and O–H groups in total. The molecule has 0 saturated carbocycles. The van der Waals surface area contributed by atoms with Crippen molar-refractivity contribution in [3.8, 4) is 11.5 Å². The van der Waals surface area contributed by atoms with Gasteiger partial charge in [0.1, 0.15) is 0 Å². The fraction of sp³-hybridized carbons (Fsp3) is 0.571. The van der Waals surface area contributed by atoms with Gasteiger partial charge in [-0.25, -0.2) is 0 Å². The average molecular weight is 268 g/mol. The fourth-order valence-corrected chi connectivity index (χ4v) is 2.02. The number of rotatable bonds is 8. The first-order chi connectivity index (χ1) is 9.04. The van der Waals surface area contributed by atoms with Crippen LogP contribution < -0.4 is 11.5 Å². The molecule has 0 aliphatic carbocycles. The van der Waals surface area contributed by atoms with E-state index in [-0.39, 0.29) is 17.5 Å². The lowest BCUT2D eigenvalue weighted by molar-refractivity contribution is 0.155. The molecule has 2 unspecified atom stereocenters. The zero-order valence-corrected chi connectivity index (χ0v) is 11.1. The Morgan fingerprint density at radius 3 is 2.42 bits per heavy atom. The summed E-state index contributed by atoms with van der Waals surface area (Å²) in [5.41, 5.74) is 11.9. The smallest absolute Gasteiger partial charge is 0.157 e. The van der Waals surface area contributed by atoms with Crippen LogP contribution in [0.25, 0.3) is 0 Å². The summed E-state index contributed by atoms with van der Waals surface area (Å²) in [5.74, 6) is -0.421. The molecule has 2 atom stereocenters. The molecule has 5 heteroatoms. The van der Waals surface area contributed by atoms with Gasteiger partial charge in [0.2, 0.25) is 0 Å². The molecule has 0 fully saturated rings. The number of hydrogen-bond donors (Lipinski definition) is 5. The SMILES string of the molecule is NCCCCCC(N)CC(O)c1ccc(O)c(O)c1. The number of aliphatic hydroxyl groups is 1. The summed E-state index contributed by atoms with van der Waals surface area (Å²) in [6.07, 6.45) is 3.62. The quantitative estimate of drug-likeness (QED) is 0.361. The van der Waals surface area contributed by atoms with Crippen LogP contribution in [0.4, 0.5) is 0 Å². The minimum Gasteiger partial charge on any atom is -0.504 e. The third kappa shape index (κ3) is 5.46. The molecule has 0 radical (unpaired) electrons. The molecular weight excluding hydrogens is 244 g/mol. The van der Waals surface area contributed by atoms with Crippen LogP contribution in [0.15, 0.2) is 18.2 Å². The summed E-state index contributed by atoms with van der Waals surface area (Å²) in [6, 6.07) is 4.23. The number of aliphatic hydroxyl groups excluding tert-OH is 1.